The van der Waals surface area contributed by atoms with Crippen LogP contribution in [0.25, 0.3) is 0 Å². The van der Waals surface area contributed by atoms with E-state index in [0.717, 1.165) is 19.5 Å². The number of nitrogens with zero attached hydrogens (tertiary/aromatic N) is 3. The summed E-state index contributed by atoms with van der Waals surface area (Å²) < 4.78 is 0. The van der Waals surface area contributed by atoms with Gasteiger partial charge in [-0.25, -0.2) is 9.97 Å². The van der Waals surface area contributed by atoms with E-state index in [1.807, 2.05) is 4.90 Å². The SMILES string of the molecule is Cc1ncc(Cl)c(C(=O)N2CCC3(CCCCC3)C2)n1. The highest BCUT2D eigenvalue weighted by Gasteiger charge is 2.41. The van der Waals surface area contributed by atoms with Crippen LogP contribution in [0, 0.1) is 12.3 Å². The van der Waals surface area contributed by atoms with Gasteiger partial charge in [-0.05, 0) is 31.6 Å². The lowest BCUT2D eigenvalue weighted by molar-refractivity contribution is 0.0753. The molecule has 2 fully saturated rings. The van der Waals surface area contributed by atoms with Crippen molar-refractivity contribution < 1.29 is 4.79 Å². The average molecular weight is 294 g/mol. The number of hydrogen-bond acceptors (Lipinski definition) is 3. The van der Waals surface area contributed by atoms with Crippen LogP contribution in [0.15, 0.2) is 6.20 Å². The molecule has 1 amide bonds. The summed E-state index contributed by atoms with van der Waals surface area (Å²) in [7, 11) is 0. The van der Waals surface area contributed by atoms with E-state index in [9.17, 15) is 4.79 Å². The minimum atomic E-state index is -0.0389. The zero-order chi connectivity index (χ0) is 14.2. The molecule has 0 N–H and O–H groups in total. The van der Waals surface area contributed by atoms with Crippen LogP contribution in [0.4, 0.5) is 0 Å². The van der Waals surface area contributed by atoms with Gasteiger partial charge in [0, 0.05) is 13.1 Å². The number of amides is 1. The van der Waals surface area contributed by atoms with E-state index in [4.69, 9.17) is 11.6 Å². The van der Waals surface area contributed by atoms with Gasteiger partial charge in [-0.2, -0.15) is 0 Å². The monoisotopic (exact) mass is 293 g/mol. The number of carbonyl (C=O) groups is 1. The molecular formula is C15H20ClN3O. The summed E-state index contributed by atoms with van der Waals surface area (Å²) in [6.07, 6.45) is 9.10. The van der Waals surface area contributed by atoms with Crippen molar-refractivity contribution in [2.75, 3.05) is 13.1 Å². The molecule has 1 aromatic rings. The number of halogens is 1. The second-order valence-corrected chi connectivity index (χ2v) is 6.56. The number of hydrogen-bond donors (Lipinski definition) is 0. The highest BCUT2D eigenvalue weighted by molar-refractivity contribution is 6.33. The molecule has 1 saturated heterocycles. The van der Waals surface area contributed by atoms with E-state index >= 15 is 0 Å². The fourth-order valence-corrected chi connectivity index (χ4v) is 3.75. The average Bonchev–Trinajstić information content (AvgIpc) is 2.85. The van der Waals surface area contributed by atoms with Crippen LogP contribution < -0.4 is 0 Å². The lowest BCUT2D eigenvalue weighted by Crippen LogP contribution is -2.34. The molecule has 1 aliphatic heterocycles. The smallest absolute Gasteiger partial charge is 0.274 e. The Morgan fingerprint density at radius 1 is 1.30 bits per heavy atom. The fraction of sp³-hybridized carbons (Fsp3) is 0.667. The van der Waals surface area contributed by atoms with Gasteiger partial charge in [-0.1, -0.05) is 30.9 Å². The number of carbonyl (C=O) groups excluding carboxylic acids is 1. The minimum Gasteiger partial charge on any atom is -0.337 e. The molecule has 5 heteroatoms. The van der Waals surface area contributed by atoms with Gasteiger partial charge in [-0.3, -0.25) is 4.79 Å². The third-order valence-electron chi connectivity index (χ3n) is 4.71. The highest BCUT2D eigenvalue weighted by atomic mass is 35.5. The van der Waals surface area contributed by atoms with Crippen LogP contribution in [-0.4, -0.2) is 33.9 Å². The van der Waals surface area contributed by atoms with Crippen molar-refractivity contribution in [2.24, 2.45) is 5.41 Å². The largest absolute Gasteiger partial charge is 0.337 e. The molecule has 20 heavy (non-hydrogen) atoms. The molecule has 0 aromatic carbocycles. The van der Waals surface area contributed by atoms with E-state index in [1.54, 1.807) is 6.92 Å². The lowest BCUT2D eigenvalue weighted by atomic mass is 9.73. The summed E-state index contributed by atoms with van der Waals surface area (Å²) in [5.41, 5.74) is 0.717. The first kappa shape index (κ1) is 13.8. The fourth-order valence-electron chi connectivity index (χ4n) is 3.57. The Labute approximate surface area is 124 Å². The predicted molar refractivity (Wildman–Crippen MR) is 77.8 cm³/mol. The third kappa shape index (κ3) is 2.53. The van der Waals surface area contributed by atoms with Gasteiger partial charge in [0.15, 0.2) is 5.69 Å². The van der Waals surface area contributed by atoms with Crippen LogP contribution >= 0.6 is 11.6 Å². The van der Waals surface area contributed by atoms with E-state index in [1.165, 1.54) is 38.3 Å². The Morgan fingerprint density at radius 2 is 2.05 bits per heavy atom. The van der Waals surface area contributed by atoms with Crippen LogP contribution in [0.5, 0.6) is 0 Å². The summed E-state index contributed by atoms with van der Waals surface area (Å²) in [5.74, 6) is 0.548. The number of likely N-dealkylation sites (tertiary alicyclic amines) is 1. The topological polar surface area (TPSA) is 46.1 Å². The summed E-state index contributed by atoms with van der Waals surface area (Å²) >= 11 is 6.07. The predicted octanol–water partition coefficient (Wildman–Crippen LogP) is 3.23. The second kappa shape index (κ2) is 5.32. The van der Waals surface area contributed by atoms with E-state index in [2.05, 4.69) is 9.97 Å². The molecule has 0 unspecified atom stereocenters. The van der Waals surface area contributed by atoms with Gasteiger partial charge in [-0.15, -0.1) is 0 Å². The van der Waals surface area contributed by atoms with Gasteiger partial charge in [0.1, 0.15) is 5.82 Å². The molecule has 1 aliphatic carbocycles. The highest BCUT2D eigenvalue weighted by Crippen LogP contribution is 2.44. The normalized spacial score (nSPS) is 21.4. The number of aryl methyl sites for hydroxylation is 1. The van der Waals surface area contributed by atoms with Crippen LogP contribution in [0.1, 0.15) is 54.8 Å². The summed E-state index contributed by atoms with van der Waals surface area (Å²) in [6, 6.07) is 0. The molecular weight excluding hydrogens is 274 g/mol. The molecule has 108 valence electrons. The number of aromatic nitrogens is 2. The summed E-state index contributed by atoms with van der Waals surface area (Å²) in [6.45, 7) is 3.48. The van der Waals surface area contributed by atoms with Crippen LogP contribution in [-0.2, 0) is 0 Å². The molecule has 1 spiro atoms. The van der Waals surface area contributed by atoms with Crippen molar-refractivity contribution >= 4 is 17.5 Å². The van der Waals surface area contributed by atoms with Crippen LogP contribution in [0.2, 0.25) is 5.02 Å². The Kier molecular flexibility index (Phi) is 3.67. The van der Waals surface area contributed by atoms with Gasteiger partial charge in [0.2, 0.25) is 0 Å². The van der Waals surface area contributed by atoms with Crippen molar-refractivity contribution in [3.63, 3.8) is 0 Å². The van der Waals surface area contributed by atoms with Crippen molar-refractivity contribution in [3.8, 4) is 0 Å². The molecule has 2 heterocycles. The first-order valence-corrected chi connectivity index (χ1v) is 7.76. The lowest BCUT2D eigenvalue weighted by Gasteiger charge is -2.33. The van der Waals surface area contributed by atoms with Gasteiger partial charge < -0.3 is 4.90 Å². The zero-order valence-corrected chi connectivity index (χ0v) is 12.6. The maximum Gasteiger partial charge on any atom is 0.274 e. The minimum absolute atomic E-state index is 0.0389. The quantitative estimate of drug-likeness (QED) is 0.798. The zero-order valence-electron chi connectivity index (χ0n) is 11.9. The molecule has 0 atom stereocenters. The summed E-state index contributed by atoms with van der Waals surface area (Å²) in [4.78, 5) is 22.8. The maximum atomic E-state index is 12.6. The summed E-state index contributed by atoms with van der Waals surface area (Å²) in [5, 5.41) is 0.352. The molecule has 1 saturated carbocycles. The van der Waals surface area contributed by atoms with Crippen LogP contribution in [0.3, 0.4) is 0 Å². The Hall–Kier alpha value is -1.16. The second-order valence-electron chi connectivity index (χ2n) is 6.15. The molecule has 2 aliphatic rings. The van der Waals surface area contributed by atoms with Crippen molar-refractivity contribution in [3.05, 3.63) is 22.7 Å². The molecule has 0 bridgehead atoms. The third-order valence-corrected chi connectivity index (χ3v) is 4.98. The Morgan fingerprint density at radius 3 is 2.80 bits per heavy atom. The van der Waals surface area contributed by atoms with Gasteiger partial charge in [0.25, 0.3) is 5.91 Å². The molecule has 4 nitrogen and oxygen atoms in total. The van der Waals surface area contributed by atoms with Gasteiger partial charge >= 0.3 is 0 Å². The van der Waals surface area contributed by atoms with Crippen molar-refractivity contribution in [2.45, 2.75) is 45.4 Å². The van der Waals surface area contributed by atoms with Crippen molar-refractivity contribution in [1.29, 1.82) is 0 Å². The van der Waals surface area contributed by atoms with Crippen molar-refractivity contribution in [1.82, 2.24) is 14.9 Å². The maximum absolute atomic E-state index is 12.6. The Balaban J connectivity index is 1.77. The first-order valence-electron chi connectivity index (χ1n) is 7.38. The molecule has 3 rings (SSSR count). The Bertz CT molecular complexity index is 526. The first-order chi connectivity index (χ1) is 9.60. The van der Waals surface area contributed by atoms with E-state index in [-0.39, 0.29) is 5.91 Å². The molecule has 0 radical (unpaired) electrons. The van der Waals surface area contributed by atoms with Gasteiger partial charge in [0.05, 0.1) is 11.2 Å². The number of rotatable bonds is 1. The van der Waals surface area contributed by atoms with E-state index in [0.29, 0.717) is 22.0 Å². The molecule has 1 aromatic heterocycles. The van der Waals surface area contributed by atoms with E-state index < -0.39 is 0 Å². The standard InChI is InChI=1S/C15H20ClN3O/c1-11-17-9-12(16)13(18-11)14(20)19-8-7-15(10-19)5-3-2-4-6-15/h9H,2-8,10H2,1H3.